The number of rotatable bonds is 5. The molecule has 19 heavy (non-hydrogen) atoms. The van der Waals surface area contributed by atoms with Crippen LogP contribution in [0.15, 0.2) is 24.3 Å². The van der Waals surface area contributed by atoms with Gasteiger partial charge in [-0.05, 0) is 61.8 Å². The predicted molar refractivity (Wildman–Crippen MR) is 81.8 cm³/mol. The van der Waals surface area contributed by atoms with Gasteiger partial charge in [-0.2, -0.15) is 0 Å². The molecule has 1 spiro atoms. The predicted octanol–water partition coefficient (Wildman–Crippen LogP) is 4.54. The molecule has 1 aromatic rings. The first-order valence-corrected chi connectivity index (χ1v) is 8.03. The van der Waals surface area contributed by atoms with Gasteiger partial charge in [-0.3, -0.25) is 0 Å². The van der Waals surface area contributed by atoms with Crippen LogP contribution in [0.25, 0.3) is 0 Å². The third-order valence-corrected chi connectivity index (χ3v) is 5.44. The van der Waals surface area contributed by atoms with Gasteiger partial charge >= 0.3 is 0 Å². The van der Waals surface area contributed by atoms with Gasteiger partial charge in [-0.15, -0.1) is 0 Å². The van der Waals surface area contributed by atoms with Crippen LogP contribution in [-0.4, -0.2) is 13.1 Å². The Kier molecular flexibility index (Phi) is 3.61. The van der Waals surface area contributed by atoms with E-state index < -0.39 is 0 Å². The largest absolute Gasteiger partial charge is 0.316 e. The van der Waals surface area contributed by atoms with Gasteiger partial charge in [-0.25, -0.2) is 0 Å². The minimum atomic E-state index is 0.375. The van der Waals surface area contributed by atoms with Crippen molar-refractivity contribution in [3.63, 3.8) is 0 Å². The van der Waals surface area contributed by atoms with Crippen molar-refractivity contribution < 1.29 is 0 Å². The molecule has 0 aromatic heterocycles. The highest BCUT2D eigenvalue weighted by Crippen LogP contribution is 2.64. The summed E-state index contributed by atoms with van der Waals surface area (Å²) in [6.07, 6.45) is 8.31. The van der Waals surface area contributed by atoms with Crippen LogP contribution in [0.2, 0.25) is 5.02 Å². The monoisotopic (exact) mass is 277 g/mol. The molecule has 0 unspecified atom stereocenters. The second-order valence-electron chi connectivity index (χ2n) is 6.67. The van der Waals surface area contributed by atoms with Crippen molar-refractivity contribution in [2.24, 2.45) is 5.41 Å². The third kappa shape index (κ3) is 2.43. The van der Waals surface area contributed by atoms with Crippen LogP contribution in [0.4, 0.5) is 0 Å². The molecular formula is C17H24ClN. The van der Waals surface area contributed by atoms with Crippen LogP contribution >= 0.6 is 11.6 Å². The maximum absolute atomic E-state index is 6.03. The first-order valence-electron chi connectivity index (χ1n) is 7.65. The van der Waals surface area contributed by atoms with Crippen molar-refractivity contribution >= 4 is 11.6 Å². The van der Waals surface area contributed by atoms with Crippen molar-refractivity contribution in [3.8, 4) is 0 Å². The average Bonchev–Trinajstić information content (AvgIpc) is 2.31. The summed E-state index contributed by atoms with van der Waals surface area (Å²) in [5, 5.41) is 4.49. The lowest BCUT2D eigenvalue weighted by atomic mass is 9.43. The van der Waals surface area contributed by atoms with Crippen molar-refractivity contribution in [1.82, 2.24) is 5.32 Å². The molecule has 0 heterocycles. The molecule has 2 heteroatoms. The summed E-state index contributed by atoms with van der Waals surface area (Å²) in [6, 6.07) is 8.57. The van der Waals surface area contributed by atoms with Gasteiger partial charge in [0.15, 0.2) is 0 Å². The van der Waals surface area contributed by atoms with Gasteiger partial charge in [0.25, 0.3) is 0 Å². The van der Waals surface area contributed by atoms with Gasteiger partial charge < -0.3 is 5.32 Å². The fraction of sp³-hybridized carbons (Fsp3) is 0.647. The summed E-state index contributed by atoms with van der Waals surface area (Å²) in [6.45, 7) is 4.49. The van der Waals surface area contributed by atoms with Crippen molar-refractivity contribution in [2.45, 2.75) is 50.9 Å². The van der Waals surface area contributed by atoms with Gasteiger partial charge in [0.1, 0.15) is 0 Å². The zero-order valence-electron chi connectivity index (χ0n) is 11.8. The second kappa shape index (κ2) is 5.10. The van der Waals surface area contributed by atoms with E-state index in [4.69, 9.17) is 11.6 Å². The quantitative estimate of drug-likeness (QED) is 0.779. The SMILES string of the molecule is CCCNCC1(c2ccc(Cl)cc2)CC2(CCC2)C1. The molecular weight excluding hydrogens is 254 g/mol. The van der Waals surface area contributed by atoms with Crippen LogP contribution in [-0.2, 0) is 5.41 Å². The number of halogens is 1. The molecule has 2 saturated carbocycles. The standard InChI is InChI=1S/C17H24ClN/c1-2-10-19-13-17(11-16(12-17)8-3-9-16)14-4-6-15(18)7-5-14/h4-7,19H,2-3,8-13H2,1H3. The molecule has 1 N–H and O–H groups in total. The third-order valence-electron chi connectivity index (χ3n) is 5.19. The highest BCUT2D eigenvalue weighted by Gasteiger charge is 2.57. The molecule has 1 aromatic carbocycles. The molecule has 2 fully saturated rings. The minimum Gasteiger partial charge on any atom is -0.316 e. The Morgan fingerprint density at radius 2 is 1.84 bits per heavy atom. The Hall–Kier alpha value is -0.530. The normalized spacial score (nSPS) is 22.8. The maximum atomic E-state index is 6.03. The summed E-state index contributed by atoms with van der Waals surface area (Å²) in [7, 11) is 0. The molecule has 2 aliphatic rings. The lowest BCUT2D eigenvalue weighted by Gasteiger charge is -2.62. The Bertz CT molecular complexity index is 425. The van der Waals surface area contributed by atoms with E-state index in [1.165, 1.54) is 44.1 Å². The van der Waals surface area contributed by atoms with E-state index in [0.717, 1.165) is 18.1 Å². The topological polar surface area (TPSA) is 12.0 Å². The smallest absolute Gasteiger partial charge is 0.0406 e. The molecule has 1 nitrogen and oxygen atoms in total. The molecule has 104 valence electrons. The summed E-state index contributed by atoms with van der Waals surface area (Å²) < 4.78 is 0. The summed E-state index contributed by atoms with van der Waals surface area (Å²) in [5.41, 5.74) is 2.56. The van der Waals surface area contributed by atoms with Crippen LogP contribution in [0.1, 0.15) is 51.0 Å². The van der Waals surface area contributed by atoms with E-state index in [9.17, 15) is 0 Å². The highest BCUT2D eigenvalue weighted by atomic mass is 35.5. The van der Waals surface area contributed by atoms with E-state index in [2.05, 4.69) is 24.4 Å². The molecule has 2 aliphatic carbocycles. The van der Waals surface area contributed by atoms with E-state index >= 15 is 0 Å². The van der Waals surface area contributed by atoms with Gasteiger partial charge in [0.2, 0.25) is 0 Å². The van der Waals surface area contributed by atoms with Crippen LogP contribution in [0.5, 0.6) is 0 Å². The van der Waals surface area contributed by atoms with Gasteiger partial charge in [0, 0.05) is 17.0 Å². The molecule has 0 saturated heterocycles. The fourth-order valence-electron chi connectivity index (χ4n) is 4.15. The molecule has 3 rings (SSSR count). The second-order valence-corrected chi connectivity index (χ2v) is 7.11. The van der Waals surface area contributed by atoms with Gasteiger partial charge in [0.05, 0.1) is 0 Å². The Morgan fingerprint density at radius 3 is 2.37 bits per heavy atom. The Balaban J connectivity index is 1.75. The highest BCUT2D eigenvalue weighted by molar-refractivity contribution is 6.30. The molecule has 0 aliphatic heterocycles. The number of hydrogen-bond donors (Lipinski definition) is 1. The van der Waals surface area contributed by atoms with Crippen LogP contribution < -0.4 is 5.32 Å². The van der Waals surface area contributed by atoms with E-state index in [1.807, 2.05) is 12.1 Å². The van der Waals surface area contributed by atoms with Crippen LogP contribution in [0.3, 0.4) is 0 Å². The van der Waals surface area contributed by atoms with Crippen molar-refractivity contribution in [3.05, 3.63) is 34.9 Å². The van der Waals surface area contributed by atoms with E-state index in [-0.39, 0.29) is 0 Å². The van der Waals surface area contributed by atoms with Gasteiger partial charge in [-0.1, -0.05) is 37.1 Å². The van der Waals surface area contributed by atoms with Crippen LogP contribution in [0, 0.1) is 5.41 Å². The number of nitrogens with one attached hydrogen (secondary N) is 1. The van der Waals surface area contributed by atoms with E-state index in [0.29, 0.717) is 10.8 Å². The number of benzene rings is 1. The van der Waals surface area contributed by atoms with Crippen molar-refractivity contribution in [2.75, 3.05) is 13.1 Å². The van der Waals surface area contributed by atoms with E-state index in [1.54, 1.807) is 0 Å². The lowest BCUT2D eigenvalue weighted by molar-refractivity contribution is -0.0481. The lowest BCUT2D eigenvalue weighted by Crippen LogP contribution is -2.57. The zero-order chi connectivity index (χ0) is 13.3. The first kappa shape index (κ1) is 13.5. The minimum absolute atomic E-state index is 0.375. The maximum Gasteiger partial charge on any atom is 0.0406 e. The summed E-state index contributed by atoms with van der Waals surface area (Å²) in [5.74, 6) is 0. The zero-order valence-corrected chi connectivity index (χ0v) is 12.6. The molecule has 0 bridgehead atoms. The molecule has 0 amide bonds. The summed E-state index contributed by atoms with van der Waals surface area (Å²) in [4.78, 5) is 0. The molecule has 0 radical (unpaired) electrons. The average molecular weight is 278 g/mol. The molecule has 0 atom stereocenters. The summed E-state index contributed by atoms with van der Waals surface area (Å²) >= 11 is 6.03. The first-order chi connectivity index (χ1) is 9.18. The Labute approximate surface area is 121 Å². The Morgan fingerprint density at radius 1 is 1.16 bits per heavy atom. The van der Waals surface area contributed by atoms with Crippen molar-refractivity contribution in [1.29, 1.82) is 0 Å². The fourth-order valence-corrected chi connectivity index (χ4v) is 4.28. The number of hydrogen-bond acceptors (Lipinski definition) is 1.